The molecule has 1 aromatic heterocycles. The molecule has 1 aliphatic heterocycles. The van der Waals surface area contributed by atoms with Crippen molar-refractivity contribution >= 4 is 16.8 Å². The van der Waals surface area contributed by atoms with Crippen LogP contribution in [0.5, 0.6) is 0 Å². The van der Waals surface area contributed by atoms with Gasteiger partial charge >= 0.3 is 5.69 Å². The normalized spacial score (nSPS) is 15.1. The number of fused-ring (bicyclic) bond motifs is 1. The van der Waals surface area contributed by atoms with E-state index in [0.717, 1.165) is 5.56 Å². The Hall–Kier alpha value is -3.22. The van der Waals surface area contributed by atoms with Crippen molar-refractivity contribution in [2.75, 3.05) is 13.1 Å². The number of hydrogen-bond acceptors (Lipinski definition) is 3. The highest BCUT2D eigenvalue weighted by atomic mass is 19.1. The molecule has 1 saturated heterocycles. The van der Waals surface area contributed by atoms with Crippen LogP contribution in [-0.4, -0.2) is 39.6 Å². The number of H-pyrrole nitrogens is 1. The molecule has 7 heteroatoms. The number of alkyl halides is 1. The minimum Gasteiger partial charge on any atom is -0.338 e. The Bertz CT molecular complexity index is 1140. The van der Waals surface area contributed by atoms with Crippen LogP contribution in [0.1, 0.15) is 28.8 Å². The van der Waals surface area contributed by atoms with Crippen LogP contribution >= 0.6 is 0 Å². The zero-order valence-corrected chi connectivity index (χ0v) is 15.2. The molecule has 1 amide bonds. The molecule has 0 radical (unpaired) electrons. The minimum absolute atomic E-state index is 0.132. The lowest BCUT2D eigenvalue weighted by molar-refractivity contribution is 0.0667. The van der Waals surface area contributed by atoms with Gasteiger partial charge in [-0.1, -0.05) is 24.3 Å². The van der Waals surface area contributed by atoms with E-state index in [0.29, 0.717) is 42.4 Å². The highest BCUT2D eigenvalue weighted by Crippen LogP contribution is 2.17. The first-order chi connectivity index (χ1) is 13.5. The number of carbonyl (C=O) groups excluding carboxylic acids is 1. The van der Waals surface area contributed by atoms with Gasteiger partial charge < -0.3 is 4.90 Å². The van der Waals surface area contributed by atoms with Gasteiger partial charge in [-0.3, -0.25) is 19.1 Å². The number of amides is 1. The Balaban J connectivity index is 1.65. The summed E-state index contributed by atoms with van der Waals surface area (Å²) in [5.74, 6) is -0.132. The molecule has 4 rings (SSSR count). The van der Waals surface area contributed by atoms with Crippen LogP contribution in [0.4, 0.5) is 4.39 Å². The summed E-state index contributed by atoms with van der Waals surface area (Å²) in [5, 5.41) is 0.434. The second-order valence-electron chi connectivity index (χ2n) is 7.03. The second-order valence-corrected chi connectivity index (χ2v) is 7.03. The van der Waals surface area contributed by atoms with Crippen molar-refractivity contribution in [3.8, 4) is 0 Å². The Morgan fingerprint density at radius 3 is 2.61 bits per heavy atom. The number of nitrogens with zero attached hydrogens (tertiary/aromatic N) is 2. The molecule has 1 fully saturated rings. The fourth-order valence-corrected chi connectivity index (χ4v) is 3.62. The molecule has 0 spiro atoms. The van der Waals surface area contributed by atoms with Crippen molar-refractivity contribution in [1.82, 2.24) is 14.5 Å². The van der Waals surface area contributed by atoms with Crippen molar-refractivity contribution in [2.24, 2.45) is 0 Å². The van der Waals surface area contributed by atoms with E-state index in [4.69, 9.17) is 0 Å². The van der Waals surface area contributed by atoms with Crippen LogP contribution in [0.25, 0.3) is 10.9 Å². The van der Waals surface area contributed by atoms with Crippen LogP contribution < -0.4 is 11.2 Å². The largest absolute Gasteiger partial charge is 0.338 e. The molecule has 0 aliphatic carbocycles. The Morgan fingerprint density at radius 2 is 1.82 bits per heavy atom. The maximum Gasteiger partial charge on any atom is 0.329 e. The van der Waals surface area contributed by atoms with Crippen molar-refractivity contribution in [1.29, 1.82) is 0 Å². The average molecular weight is 381 g/mol. The highest BCUT2D eigenvalue weighted by Gasteiger charge is 2.23. The third kappa shape index (κ3) is 3.47. The molecule has 0 atom stereocenters. The van der Waals surface area contributed by atoms with Gasteiger partial charge in [0.1, 0.15) is 6.17 Å². The number of halogens is 1. The maximum absolute atomic E-state index is 13.3. The van der Waals surface area contributed by atoms with E-state index >= 15 is 0 Å². The summed E-state index contributed by atoms with van der Waals surface area (Å²) in [5.41, 5.74) is 0.905. The SMILES string of the molecule is O=C(c1cccc(Cn2c(=O)[nH]c(=O)c3ccccc32)c1)N1CCC(F)CC1. The monoisotopic (exact) mass is 381 g/mol. The standard InChI is InChI=1S/C21H20FN3O3/c22-16-8-10-24(11-9-16)20(27)15-5-3-4-14(12-15)13-25-18-7-2-1-6-17(18)19(26)23-21(25)28/h1-7,12,16H,8-11,13H2,(H,23,26,28). The topological polar surface area (TPSA) is 75.2 Å². The van der Waals surface area contributed by atoms with Crippen molar-refractivity contribution in [2.45, 2.75) is 25.6 Å². The number of hydrogen-bond donors (Lipinski definition) is 1. The van der Waals surface area contributed by atoms with Gasteiger partial charge in [0.25, 0.3) is 11.5 Å². The van der Waals surface area contributed by atoms with Crippen molar-refractivity contribution < 1.29 is 9.18 Å². The van der Waals surface area contributed by atoms with E-state index in [-0.39, 0.29) is 12.5 Å². The van der Waals surface area contributed by atoms with Gasteiger partial charge in [0, 0.05) is 18.7 Å². The molecule has 0 saturated carbocycles. The van der Waals surface area contributed by atoms with Crippen LogP contribution in [0.3, 0.4) is 0 Å². The first-order valence-corrected chi connectivity index (χ1v) is 9.27. The predicted molar refractivity (Wildman–Crippen MR) is 104 cm³/mol. The lowest BCUT2D eigenvalue weighted by Crippen LogP contribution is -2.39. The molecule has 144 valence electrons. The number of aromatic amines is 1. The smallest absolute Gasteiger partial charge is 0.329 e. The highest BCUT2D eigenvalue weighted by molar-refractivity contribution is 5.94. The average Bonchev–Trinajstić information content (AvgIpc) is 2.71. The molecular weight excluding hydrogens is 361 g/mol. The number of carbonyl (C=O) groups is 1. The van der Waals surface area contributed by atoms with Crippen molar-refractivity contribution in [3.63, 3.8) is 0 Å². The molecule has 2 heterocycles. The fraction of sp³-hybridized carbons (Fsp3) is 0.286. The number of benzene rings is 2. The number of aromatic nitrogens is 2. The van der Waals surface area contributed by atoms with Gasteiger partial charge in [-0.25, -0.2) is 9.18 Å². The van der Waals surface area contributed by atoms with Crippen LogP contribution in [0.2, 0.25) is 0 Å². The van der Waals surface area contributed by atoms with Gasteiger partial charge in [0.2, 0.25) is 0 Å². The summed E-state index contributed by atoms with van der Waals surface area (Å²) >= 11 is 0. The first-order valence-electron chi connectivity index (χ1n) is 9.27. The fourth-order valence-electron chi connectivity index (χ4n) is 3.62. The lowest BCUT2D eigenvalue weighted by Gasteiger charge is -2.28. The summed E-state index contributed by atoms with van der Waals surface area (Å²) in [4.78, 5) is 41.1. The number of para-hydroxylation sites is 1. The Morgan fingerprint density at radius 1 is 1.07 bits per heavy atom. The minimum atomic E-state index is -0.837. The second kappa shape index (κ2) is 7.42. The Kier molecular flexibility index (Phi) is 4.81. The van der Waals surface area contributed by atoms with Gasteiger partial charge in [0.05, 0.1) is 17.4 Å². The zero-order chi connectivity index (χ0) is 19.7. The molecule has 6 nitrogen and oxygen atoms in total. The third-order valence-electron chi connectivity index (χ3n) is 5.13. The molecule has 0 unspecified atom stereocenters. The quantitative estimate of drug-likeness (QED) is 0.757. The van der Waals surface area contributed by atoms with Gasteiger partial charge in [0.15, 0.2) is 0 Å². The van der Waals surface area contributed by atoms with E-state index in [1.54, 1.807) is 47.4 Å². The molecule has 28 heavy (non-hydrogen) atoms. The maximum atomic E-state index is 13.3. The molecule has 2 aromatic carbocycles. The van der Waals surface area contributed by atoms with Crippen molar-refractivity contribution in [3.05, 3.63) is 80.5 Å². The van der Waals surface area contributed by atoms with Gasteiger partial charge in [-0.15, -0.1) is 0 Å². The first kappa shape index (κ1) is 18.2. The van der Waals surface area contributed by atoms with E-state index in [2.05, 4.69) is 4.98 Å². The van der Waals surface area contributed by atoms with Crippen LogP contribution in [0.15, 0.2) is 58.1 Å². The van der Waals surface area contributed by atoms with E-state index < -0.39 is 17.4 Å². The number of likely N-dealkylation sites (tertiary alicyclic amines) is 1. The molecule has 1 aliphatic rings. The van der Waals surface area contributed by atoms with E-state index in [9.17, 15) is 18.8 Å². The summed E-state index contributed by atoms with van der Waals surface area (Å²) in [6.07, 6.45) is -0.107. The molecule has 3 aromatic rings. The lowest BCUT2D eigenvalue weighted by atomic mass is 10.1. The summed E-state index contributed by atoms with van der Waals surface area (Å²) < 4.78 is 14.8. The van der Waals surface area contributed by atoms with Gasteiger partial charge in [-0.2, -0.15) is 0 Å². The van der Waals surface area contributed by atoms with E-state index in [1.165, 1.54) is 4.57 Å². The van der Waals surface area contributed by atoms with E-state index in [1.807, 2.05) is 6.07 Å². The number of nitrogens with one attached hydrogen (secondary N) is 1. The van der Waals surface area contributed by atoms with Crippen LogP contribution in [-0.2, 0) is 6.54 Å². The summed E-state index contributed by atoms with van der Waals surface area (Å²) in [6.45, 7) is 1.05. The number of rotatable bonds is 3. The molecular formula is C21H20FN3O3. The number of piperidine rings is 1. The third-order valence-corrected chi connectivity index (χ3v) is 5.13. The summed E-state index contributed by atoms with van der Waals surface area (Å²) in [7, 11) is 0. The molecule has 0 bridgehead atoms. The Labute approximate surface area is 160 Å². The molecule has 1 N–H and O–H groups in total. The predicted octanol–water partition coefficient (Wildman–Crippen LogP) is 2.31. The van der Waals surface area contributed by atoms with Gasteiger partial charge in [-0.05, 0) is 42.7 Å². The summed E-state index contributed by atoms with van der Waals surface area (Å²) in [6, 6.07) is 14.0. The zero-order valence-electron chi connectivity index (χ0n) is 15.2. The van der Waals surface area contributed by atoms with Crippen LogP contribution in [0, 0.1) is 0 Å².